The minimum atomic E-state index is -0.962. The number of rotatable bonds is 7. The van der Waals surface area contributed by atoms with Gasteiger partial charge in [-0.2, -0.15) is 0 Å². The summed E-state index contributed by atoms with van der Waals surface area (Å²) in [7, 11) is 0. The van der Waals surface area contributed by atoms with Crippen LogP contribution >= 0.6 is 0 Å². The van der Waals surface area contributed by atoms with E-state index >= 15 is 0 Å². The maximum Gasteiger partial charge on any atom is 0.240 e. The van der Waals surface area contributed by atoms with Gasteiger partial charge in [0.05, 0.1) is 12.1 Å². The summed E-state index contributed by atoms with van der Waals surface area (Å²) < 4.78 is 5.60. The maximum absolute atomic E-state index is 12.7. The summed E-state index contributed by atoms with van der Waals surface area (Å²) in [6, 6.07) is 16.8. The van der Waals surface area contributed by atoms with Crippen molar-refractivity contribution < 1.29 is 14.3 Å². The van der Waals surface area contributed by atoms with E-state index in [1.54, 1.807) is 12.1 Å². The van der Waals surface area contributed by atoms with Crippen LogP contribution in [0.15, 0.2) is 54.6 Å². The Morgan fingerprint density at radius 1 is 0.926 bits per heavy atom. The van der Waals surface area contributed by atoms with Crippen LogP contribution in [0, 0.1) is 5.41 Å². The number of benzene rings is 2. The Bertz CT molecular complexity index is 796. The zero-order chi connectivity index (χ0) is 19.4. The largest absolute Gasteiger partial charge is 0.491 e. The number of anilines is 1. The lowest BCUT2D eigenvalue weighted by Gasteiger charge is -2.20. The quantitative estimate of drug-likeness (QED) is 0.726. The van der Waals surface area contributed by atoms with E-state index in [9.17, 15) is 9.59 Å². The Kier molecular flexibility index (Phi) is 5.49. The van der Waals surface area contributed by atoms with E-state index in [0.717, 1.165) is 11.3 Å². The molecule has 0 spiro atoms. The first-order chi connectivity index (χ1) is 12.9. The molecule has 0 aromatic heterocycles. The van der Waals surface area contributed by atoms with Gasteiger partial charge in [-0.1, -0.05) is 30.3 Å². The van der Waals surface area contributed by atoms with Gasteiger partial charge in [0.25, 0.3) is 0 Å². The van der Waals surface area contributed by atoms with Crippen molar-refractivity contribution in [3.8, 4) is 5.75 Å². The molecule has 2 aromatic rings. The van der Waals surface area contributed by atoms with Crippen LogP contribution in [0.25, 0.3) is 0 Å². The van der Waals surface area contributed by atoms with Gasteiger partial charge in [0.2, 0.25) is 11.8 Å². The molecular weight excluding hydrogens is 340 g/mol. The van der Waals surface area contributed by atoms with E-state index < -0.39 is 5.41 Å². The third-order valence-corrected chi connectivity index (χ3v) is 4.75. The van der Waals surface area contributed by atoms with E-state index in [0.29, 0.717) is 18.5 Å². The Labute approximate surface area is 160 Å². The first-order valence-electron chi connectivity index (χ1n) is 9.35. The van der Waals surface area contributed by atoms with Crippen LogP contribution in [0.2, 0.25) is 0 Å². The average molecular weight is 366 g/mol. The summed E-state index contributed by atoms with van der Waals surface area (Å²) >= 11 is 0. The fourth-order valence-corrected chi connectivity index (χ4v) is 2.98. The van der Waals surface area contributed by atoms with Crippen LogP contribution in [0.4, 0.5) is 5.69 Å². The second-order valence-electron chi connectivity index (χ2n) is 7.33. The number of ether oxygens (including phenoxy) is 1. The molecule has 1 aliphatic carbocycles. The monoisotopic (exact) mass is 366 g/mol. The van der Waals surface area contributed by atoms with Gasteiger partial charge in [0, 0.05) is 5.69 Å². The molecule has 3 rings (SSSR count). The van der Waals surface area contributed by atoms with Crippen molar-refractivity contribution in [3.63, 3.8) is 0 Å². The molecule has 2 aromatic carbocycles. The molecule has 1 saturated carbocycles. The normalized spacial score (nSPS) is 15.7. The average Bonchev–Trinajstić information content (AvgIpc) is 3.46. The van der Waals surface area contributed by atoms with Gasteiger partial charge in [0.15, 0.2) is 0 Å². The van der Waals surface area contributed by atoms with E-state index in [1.807, 2.05) is 63.2 Å². The summed E-state index contributed by atoms with van der Waals surface area (Å²) in [4.78, 5) is 25.4. The van der Waals surface area contributed by atoms with Crippen molar-refractivity contribution >= 4 is 17.5 Å². The highest BCUT2D eigenvalue weighted by atomic mass is 16.5. The predicted molar refractivity (Wildman–Crippen MR) is 106 cm³/mol. The summed E-state index contributed by atoms with van der Waals surface area (Å²) in [5.41, 5.74) is 0.713. The molecule has 5 nitrogen and oxygen atoms in total. The lowest BCUT2D eigenvalue weighted by molar-refractivity contribution is -0.134. The molecule has 0 radical (unpaired) electrons. The predicted octanol–water partition coefficient (Wildman–Crippen LogP) is 4.07. The molecule has 5 heteroatoms. The topological polar surface area (TPSA) is 67.4 Å². The van der Waals surface area contributed by atoms with Gasteiger partial charge in [-0.3, -0.25) is 9.59 Å². The number of hydrogen-bond acceptors (Lipinski definition) is 3. The summed E-state index contributed by atoms with van der Waals surface area (Å²) in [5, 5.41) is 5.84. The molecule has 1 atom stereocenters. The highest BCUT2D eigenvalue weighted by molar-refractivity contribution is 6.13. The van der Waals surface area contributed by atoms with Gasteiger partial charge in [0.1, 0.15) is 11.2 Å². The smallest absolute Gasteiger partial charge is 0.240 e. The number of amides is 2. The van der Waals surface area contributed by atoms with E-state index in [1.165, 1.54) is 0 Å². The molecule has 2 N–H and O–H groups in total. The zero-order valence-electron chi connectivity index (χ0n) is 16.0. The van der Waals surface area contributed by atoms with Crippen molar-refractivity contribution in [2.75, 3.05) is 5.32 Å². The number of carbonyl (C=O) groups excluding carboxylic acids is 2. The van der Waals surface area contributed by atoms with E-state index in [-0.39, 0.29) is 24.0 Å². The van der Waals surface area contributed by atoms with Crippen molar-refractivity contribution in [1.29, 1.82) is 0 Å². The molecular formula is C22H26N2O3. The van der Waals surface area contributed by atoms with Crippen molar-refractivity contribution in [1.82, 2.24) is 5.32 Å². The Morgan fingerprint density at radius 3 is 2.11 bits per heavy atom. The van der Waals surface area contributed by atoms with Crippen molar-refractivity contribution in [2.45, 2.75) is 45.8 Å². The van der Waals surface area contributed by atoms with Crippen LogP contribution < -0.4 is 15.4 Å². The standard InChI is InChI=1S/C22H26N2O3/c1-15(2)27-19-11-9-18(10-12-19)24-21(26)22(13-14-22)20(25)23-16(3)17-7-5-4-6-8-17/h4-12,15-16H,13-14H2,1-3H3,(H,23,25)(H,24,26). The SMILES string of the molecule is CC(C)Oc1ccc(NC(=O)C2(C(=O)NC(C)c3ccccc3)CC2)cc1. The molecule has 0 saturated heterocycles. The molecule has 1 unspecified atom stereocenters. The van der Waals surface area contributed by atoms with Crippen LogP contribution in [0.3, 0.4) is 0 Å². The Hall–Kier alpha value is -2.82. The molecule has 1 aliphatic rings. The number of hydrogen-bond donors (Lipinski definition) is 2. The molecule has 0 aliphatic heterocycles. The first kappa shape index (κ1) is 19.0. The Morgan fingerprint density at radius 2 is 1.56 bits per heavy atom. The molecule has 142 valence electrons. The fraction of sp³-hybridized carbons (Fsp3) is 0.364. The van der Waals surface area contributed by atoms with Crippen LogP contribution in [0.1, 0.15) is 45.2 Å². The van der Waals surface area contributed by atoms with Gasteiger partial charge < -0.3 is 15.4 Å². The van der Waals surface area contributed by atoms with Gasteiger partial charge in [-0.15, -0.1) is 0 Å². The highest BCUT2D eigenvalue weighted by Crippen LogP contribution is 2.47. The van der Waals surface area contributed by atoms with Crippen LogP contribution in [-0.2, 0) is 9.59 Å². The second kappa shape index (κ2) is 7.82. The minimum Gasteiger partial charge on any atom is -0.491 e. The van der Waals surface area contributed by atoms with Gasteiger partial charge in [-0.05, 0) is 63.4 Å². The second-order valence-corrected chi connectivity index (χ2v) is 7.33. The van der Waals surface area contributed by atoms with E-state index in [2.05, 4.69) is 10.6 Å². The molecule has 27 heavy (non-hydrogen) atoms. The molecule has 1 fully saturated rings. The molecule has 0 heterocycles. The van der Waals surface area contributed by atoms with Crippen LogP contribution in [0.5, 0.6) is 5.75 Å². The third-order valence-electron chi connectivity index (χ3n) is 4.75. The van der Waals surface area contributed by atoms with Crippen molar-refractivity contribution in [3.05, 3.63) is 60.2 Å². The van der Waals surface area contributed by atoms with Crippen molar-refractivity contribution in [2.24, 2.45) is 5.41 Å². The minimum absolute atomic E-state index is 0.0930. The van der Waals surface area contributed by atoms with Crippen LogP contribution in [-0.4, -0.2) is 17.9 Å². The molecule has 2 amide bonds. The lowest BCUT2D eigenvalue weighted by atomic mass is 10.0. The van der Waals surface area contributed by atoms with E-state index in [4.69, 9.17) is 4.74 Å². The number of nitrogens with one attached hydrogen (secondary N) is 2. The third kappa shape index (κ3) is 4.48. The highest BCUT2D eigenvalue weighted by Gasteiger charge is 2.56. The zero-order valence-corrected chi connectivity index (χ0v) is 16.0. The Balaban J connectivity index is 1.61. The first-order valence-corrected chi connectivity index (χ1v) is 9.35. The lowest BCUT2D eigenvalue weighted by Crippen LogP contribution is -2.41. The molecule has 0 bridgehead atoms. The summed E-state index contributed by atoms with van der Waals surface area (Å²) in [6.07, 6.45) is 1.23. The summed E-state index contributed by atoms with van der Waals surface area (Å²) in [5.74, 6) is 0.285. The fourth-order valence-electron chi connectivity index (χ4n) is 2.98. The van der Waals surface area contributed by atoms with Gasteiger partial charge in [-0.25, -0.2) is 0 Å². The van der Waals surface area contributed by atoms with Gasteiger partial charge >= 0.3 is 0 Å². The number of carbonyl (C=O) groups is 2. The summed E-state index contributed by atoms with van der Waals surface area (Å²) in [6.45, 7) is 5.85. The maximum atomic E-state index is 12.7.